The number of ether oxygens (including phenoxy) is 26. The van der Waals surface area contributed by atoms with E-state index in [0.29, 0.717) is 12.8 Å². The molecule has 7 rings (SSSR count). The Kier molecular flexibility index (Phi) is 34.6. The lowest BCUT2D eigenvalue weighted by atomic mass is 9.94. The number of rotatable bonds is 38. The highest BCUT2D eigenvalue weighted by Gasteiger charge is 2.59. The zero-order valence-electron chi connectivity index (χ0n) is 61.7. The van der Waals surface area contributed by atoms with Crippen molar-refractivity contribution in [3.05, 3.63) is 11.9 Å². The van der Waals surface area contributed by atoms with E-state index in [9.17, 15) is 19.2 Å². The third kappa shape index (κ3) is 20.0. The minimum absolute atomic E-state index is 0.00838. The van der Waals surface area contributed by atoms with Gasteiger partial charge < -0.3 is 144 Å². The zero-order chi connectivity index (χ0) is 74.5. The van der Waals surface area contributed by atoms with E-state index in [0.717, 1.165) is 0 Å². The normalized spacial score (nSPS) is 38.8. The van der Waals surface area contributed by atoms with Crippen LogP contribution in [0.1, 0.15) is 56.6 Å². The zero-order valence-corrected chi connectivity index (χ0v) is 61.7. The van der Waals surface area contributed by atoms with E-state index in [1.54, 1.807) is 13.8 Å². The van der Waals surface area contributed by atoms with E-state index in [1.165, 1.54) is 132 Å². The summed E-state index contributed by atoms with van der Waals surface area (Å²) in [7, 11) is 23.6. The fourth-order valence-electron chi connectivity index (χ4n) is 14.2. The van der Waals surface area contributed by atoms with E-state index in [-0.39, 0.29) is 50.4 Å². The van der Waals surface area contributed by atoms with Gasteiger partial charge in [-0.15, -0.1) is 17.4 Å². The highest BCUT2D eigenvalue weighted by molar-refractivity contribution is 5.94. The quantitative estimate of drug-likeness (QED) is 0.0403. The van der Waals surface area contributed by atoms with Crippen molar-refractivity contribution in [1.29, 1.82) is 0 Å². The Morgan fingerprint density at radius 1 is 0.451 bits per heavy atom. The van der Waals surface area contributed by atoms with Gasteiger partial charge in [-0.3, -0.25) is 19.2 Å². The Labute approximate surface area is 595 Å². The van der Waals surface area contributed by atoms with Gasteiger partial charge in [0.1, 0.15) is 128 Å². The first-order valence-corrected chi connectivity index (χ1v) is 33.6. The number of hydrogen-bond donors (Lipinski definition) is 4. The maximum absolute atomic E-state index is 13.9. The predicted molar refractivity (Wildman–Crippen MR) is 348 cm³/mol. The number of hydrogen-bond acceptors (Lipinski definition) is 32. The molecule has 0 spiro atoms. The third-order valence-electron chi connectivity index (χ3n) is 18.9. The molecule has 6 aliphatic rings. The summed E-state index contributed by atoms with van der Waals surface area (Å²) in [6.07, 6.45) is -18.2. The van der Waals surface area contributed by atoms with Crippen LogP contribution in [-0.2, 0) is 138 Å². The largest absolute Gasteiger partial charge is 0.382 e. The van der Waals surface area contributed by atoms with E-state index in [4.69, 9.17) is 130 Å². The van der Waals surface area contributed by atoms with Gasteiger partial charge in [0.15, 0.2) is 43.3 Å². The van der Waals surface area contributed by atoms with E-state index in [1.807, 2.05) is 0 Å². The molecular formula is C65H109N7O30. The Hall–Kier alpha value is -4.46. The van der Waals surface area contributed by atoms with Gasteiger partial charge in [-0.25, -0.2) is 4.68 Å². The Bertz CT molecular complexity index is 2730. The van der Waals surface area contributed by atoms with Crippen LogP contribution in [0.4, 0.5) is 0 Å². The Morgan fingerprint density at radius 3 is 1.21 bits per heavy atom. The summed E-state index contributed by atoms with van der Waals surface area (Å²) in [5.74, 6) is 0.549. The van der Waals surface area contributed by atoms with Crippen molar-refractivity contribution >= 4 is 23.6 Å². The second kappa shape index (κ2) is 41.6. The van der Waals surface area contributed by atoms with Crippen LogP contribution in [0.25, 0.3) is 0 Å². The van der Waals surface area contributed by atoms with Gasteiger partial charge in [0.25, 0.3) is 5.91 Å². The number of carbonyl (C=O) groups is 4. The fraction of sp³-hybridized carbons (Fsp3) is 0.877. The monoisotopic (exact) mass is 1470 g/mol. The number of terminal acetylenes is 1. The molecule has 584 valence electrons. The first kappa shape index (κ1) is 84.8. The summed E-state index contributed by atoms with van der Waals surface area (Å²) in [6.45, 7) is 4.33. The maximum atomic E-state index is 13.9. The molecule has 1 aromatic heterocycles. The van der Waals surface area contributed by atoms with Crippen LogP contribution < -0.4 is 21.3 Å². The second-order valence-corrected chi connectivity index (χ2v) is 25.0. The lowest BCUT2D eigenvalue weighted by molar-refractivity contribution is -0.376. The average Bonchev–Trinajstić information content (AvgIpc) is 0.824. The lowest BCUT2D eigenvalue weighted by Crippen LogP contribution is -2.69. The topological polar surface area (TPSA) is 387 Å². The molecular weight excluding hydrogens is 1360 g/mol. The molecule has 0 radical (unpaired) electrons. The molecule has 37 nitrogen and oxygen atoms in total. The van der Waals surface area contributed by atoms with Crippen LogP contribution >= 0.6 is 0 Å². The molecule has 6 fully saturated rings. The maximum Gasteiger partial charge on any atom is 0.273 e. The summed E-state index contributed by atoms with van der Waals surface area (Å²) in [5, 5.41) is 19.7. The summed E-state index contributed by atoms with van der Waals surface area (Å²) in [5.41, 5.74) is -0.151. The van der Waals surface area contributed by atoms with Crippen molar-refractivity contribution in [3.63, 3.8) is 0 Å². The molecule has 6 aliphatic heterocycles. The summed E-state index contributed by atoms with van der Waals surface area (Å²) >= 11 is 0. The molecule has 7 heterocycles. The number of unbranched alkanes of at least 4 members (excludes halogenated alkanes) is 1. The van der Waals surface area contributed by atoms with Gasteiger partial charge in [-0.05, 0) is 20.3 Å². The van der Waals surface area contributed by atoms with E-state index >= 15 is 0 Å². The molecule has 0 saturated carbocycles. The van der Waals surface area contributed by atoms with Gasteiger partial charge in [-0.2, -0.15) is 0 Å². The standard InChI is InChI=1S/C65H109N7O30/c1-21-22-23-24-39(74)68-60-53(87-15)49(83-11)43(35(95-60)27-77-5)101-65-58(92-20)52(86-14)46(38(98-65)30-80-8)100-63-56(90-18)48(82-10)42(32(3)94-63)72-26-34(70-71-72)59(76)66-25-40(75)69-61-54(88-16)50(84-12)44(36(96-61)28-78-6)102-64-57(91-19)51(85-13)45(37(97-64)29-79-7)99-62-55(89-17)47(81-9)41(31(2)93-62)67-33(4)73/h1,26,31-32,35-38,41-58,60-65H,22-25,27-30H2,2-20H3,(H,66,76)(H,67,73)(H,68,74)(H,69,75)/t31?,32?,35?,36?,37?,38?,41-,42-,43?,44?,45?,46?,47?,48?,49?,50?,51?,52?,53?,54?,55?,56?,57?,58?,60?,61?,62?,63?,64?,65?/m1/s1. The minimum Gasteiger partial charge on any atom is -0.382 e. The fourth-order valence-corrected chi connectivity index (χ4v) is 14.2. The first-order chi connectivity index (χ1) is 49.2. The molecule has 0 bridgehead atoms. The van der Waals surface area contributed by atoms with Crippen LogP contribution in [0.2, 0.25) is 0 Å². The highest BCUT2D eigenvalue weighted by Crippen LogP contribution is 2.40. The molecule has 6 saturated heterocycles. The van der Waals surface area contributed by atoms with Crippen molar-refractivity contribution in [2.45, 2.75) is 224 Å². The van der Waals surface area contributed by atoms with Crippen molar-refractivity contribution < 1.29 is 142 Å². The minimum atomic E-state index is -1.20. The molecule has 0 aromatic carbocycles. The van der Waals surface area contributed by atoms with E-state index < -0.39 is 202 Å². The molecule has 28 unspecified atom stereocenters. The number of aromatic nitrogens is 3. The van der Waals surface area contributed by atoms with Crippen LogP contribution in [0, 0.1) is 12.3 Å². The van der Waals surface area contributed by atoms with Crippen molar-refractivity contribution in [3.8, 4) is 12.3 Å². The van der Waals surface area contributed by atoms with Gasteiger partial charge in [0.2, 0.25) is 17.7 Å². The second-order valence-electron chi connectivity index (χ2n) is 25.0. The molecule has 30 atom stereocenters. The predicted octanol–water partition coefficient (Wildman–Crippen LogP) is -2.21. The van der Waals surface area contributed by atoms with Crippen molar-refractivity contribution in [1.82, 2.24) is 36.3 Å². The first-order valence-electron chi connectivity index (χ1n) is 33.6. The Balaban J connectivity index is 0.992. The molecule has 1 aromatic rings. The molecule has 4 amide bonds. The van der Waals surface area contributed by atoms with Crippen LogP contribution in [0.3, 0.4) is 0 Å². The van der Waals surface area contributed by atoms with Crippen molar-refractivity contribution in [2.75, 3.05) is 147 Å². The summed E-state index contributed by atoms with van der Waals surface area (Å²) in [6, 6.07) is -1.33. The highest BCUT2D eigenvalue weighted by atomic mass is 16.8. The number of methoxy groups -OCH3 is 16. The van der Waals surface area contributed by atoms with Crippen molar-refractivity contribution in [2.24, 2.45) is 0 Å². The Morgan fingerprint density at radius 2 is 0.814 bits per heavy atom. The smallest absolute Gasteiger partial charge is 0.273 e. The molecule has 102 heavy (non-hydrogen) atoms. The molecule has 0 aliphatic carbocycles. The number of carbonyl (C=O) groups excluding carboxylic acids is 4. The number of amides is 4. The summed E-state index contributed by atoms with van der Waals surface area (Å²) < 4.78 is 162. The molecule has 4 N–H and O–H groups in total. The van der Waals surface area contributed by atoms with Gasteiger partial charge in [-0.1, -0.05) is 5.21 Å². The van der Waals surface area contributed by atoms with Gasteiger partial charge in [0, 0.05) is 134 Å². The molecule has 37 heteroatoms. The lowest BCUT2D eigenvalue weighted by Gasteiger charge is -2.51. The third-order valence-corrected chi connectivity index (χ3v) is 18.9. The SMILES string of the molecule is C#CCCCC(=O)NC1OC(COC)C(OC2OC(COC)C(OC3OC(C)[C@@H](n4cc(C(=O)NCC(=O)NC5OC(COC)C(OC6OC(COC)C(OC7OC(C)[C@@H](NC(C)=O)C(OC)C7OC)C(OC)C6OC)C(OC)C5OC)nn4)C(OC)C3OC)C(OC)C2OC)C(OC)C1OC. The van der Waals surface area contributed by atoms with Gasteiger partial charge >= 0.3 is 0 Å². The average molecular weight is 1470 g/mol. The van der Waals surface area contributed by atoms with Crippen LogP contribution in [-0.4, -0.2) is 363 Å². The van der Waals surface area contributed by atoms with Gasteiger partial charge in [0.05, 0.1) is 57.4 Å². The van der Waals surface area contributed by atoms with E-state index in [2.05, 4.69) is 37.5 Å². The summed E-state index contributed by atoms with van der Waals surface area (Å²) in [4.78, 5) is 52.9. The number of nitrogens with zero attached hydrogens (tertiary/aromatic N) is 3. The van der Waals surface area contributed by atoms with Crippen LogP contribution in [0.15, 0.2) is 6.20 Å². The number of nitrogens with one attached hydrogen (secondary N) is 4. The van der Waals surface area contributed by atoms with Crippen LogP contribution in [0.5, 0.6) is 0 Å².